The number of hydrogen-bond acceptors (Lipinski definition) is 6. The van der Waals surface area contributed by atoms with E-state index in [0.29, 0.717) is 31.2 Å². The number of urea groups is 1. The molecule has 1 aromatic heterocycles. The summed E-state index contributed by atoms with van der Waals surface area (Å²) in [5.41, 5.74) is 0.0505. The zero-order valence-electron chi connectivity index (χ0n) is 22.9. The molecule has 0 bridgehead atoms. The molecule has 3 amide bonds. The lowest BCUT2D eigenvalue weighted by molar-refractivity contribution is -0.787. The quantitative estimate of drug-likeness (QED) is 0.247. The average Bonchev–Trinajstić information content (AvgIpc) is 3.37. The molecule has 13 heteroatoms. The number of carbonyl (C=O) groups excluding carboxylic acids is 2. The molecule has 1 fully saturated rings. The summed E-state index contributed by atoms with van der Waals surface area (Å²) in [6, 6.07) is 8.93. The maximum absolute atomic E-state index is 13.6. The van der Waals surface area contributed by atoms with Gasteiger partial charge in [0.05, 0.1) is 11.3 Å². The third kappa shape index (κ3) is 7.83. The van der Waals surface area contributed by atoms with Crippen LogP contribution in [-0.4, -0.2) is 42.1 Å². The fraction of sp³-hybridized carbons (Fsp3) is 0.393. The number of benzene rings is 2. The van der Waals surface area contributed by atoms with Crippen LogP contribution >= 0.6 is 0 Å². The number of carbonyl (C=O) groups is 2. The third-order valence-corrected chi connectivity index (χ3v) is 6.94. The Bertz CT molecular complexity index is 1430. The Morgan fingerprint density at radius 3 is 2.49 bits per heavy atom. The number of anilines is 2. The van der Waals surface area contributed by atoms with Crippen molar-refractivity contribution in [2.75, 3.05) is 24.7 Å². The Hall–Kier alpha value is -4.42. The molecule has 1 heterocycles. The minimum atomic E-state index is -4.73. The number of amides is 3. The fourth-order valence-corrected chi connectivity index (χ4v) is 4.78. The van der Waals surface area contributed by atoms with Crippen LogP contribution in [0.5, 0.6) is 0 Å². The van der Waals surface area contributed by atoms with Crippen molar-refractivity contribution >= 4 is 35.1 Å². The molecule has 4 rings (SSSR count). The van der Waals surface area contributed by atoms with Crippen LogP contribution in [-0.2, 0) is 17.4 Å². The summed E-state index contributed by atoms with van der Waals surface area (Å²) in [6.45, 7) is 1.82. The molecule has 1 aliphatic carbocycles. The molecule has 2 aromatic carbocycles. The van der Waals surface area contributed by atoms with Gasteiger partial charge in [0.1, 0.15) is 0 Å². The zero-order valence-corrected chi connectivity index (χ0v) is 22.9. The highest BCUT2D eigenvalue weighted by Gasteiger charge is 2.34. The molecule has 0 saturated heterocycles. The SMILES string of the molecule is Cc1ccccc1CC([O-])=Nc1cc(NC(=O)Nc2c[n+](C3CCC(C(=O)N(C)C)CC3)no2)cc(C(F)(F)F)c1. The van der Waals surface area contributed by atoms with Crippen molar-refractivity contribution < 1.29 is 37.1 Å². The van der Waals surface area contributed by atoms with Crippen molar-refractivity contribution in [2.24, 2.45) is 10.9 Å². The number of halogens is 3. The number of hydrogen-bond donors (Lipinski definition) is 2. The van der Waals surface area contributed by atoms with Gasteiger partial charge in [0.15, 0.2) is 6.04 Å². The summed E-state index contributed by atoms with van der Waals surface area (Å²) in [6.07, 6.45) is -0.536. The van der Waals surface area contributed by atoms with Crippen LogP contribution < -0.4 is 20.4 Å². The smallest absolute Gasteiger partial charge is 0.416 e. The molecule has 0 unspecified atom stereocenters. The lowest BCUT2D eigenvalue weighted by Crippen LogP contribution is -2.44. The Morgan fingerprint density at radius 1 is 1.12 bits per heavy atom. The first-order valence-corrected chi connectivity index (χ1v) is 13.1. The van der Waals surface area contributed by atoms with Gasteiger partial charge in [-0.3, -0.25) is 19.6 Å². The second-order valence-electron chi connectivity index (χ2n) is 10.2. The first-order valence-electron chi connectivity index (χ1n) is 13.1. The topological polar surface area (TPSA) is 127 Å². The predicted octanol–water partition coefficient (Wildman–Crippen LogP) is 4.39. The van der Waals surface area contributed by atoms with Gasteiger partial charge in [0, 0.05) is 45.0 Å². The highest BCUT2D eigenvalue weighted by molar-refractivity contribution is 5.99. The van der Waals surface area contributed by atoms with Crippen molar-refractivity contribution in [3.05, 3.63) is 65.4 Å². The summed E-state index contributed by atoms with van der Waals surface area (Å²) in [5.74, 6) is -0.590. The van der Waals surface area contributed by atoms with Crippen LogP contribution in [0.1, 0.15) is 48.4 Å². The van der Waals surface area contributed by atoms with Crippen LogP contribution in [0.4, 0.5) is 35.2 Å². The van der Waals surface area contributed by atoms with E-state index in [1.54, 1.807) is 35.8 Å². The summed E-state index contributed by atoms with van der Waals surface area (Å²) in [5, 5.41) is 21.2. The van der Waals surface area contributed by atoms with Gasteiger partial charge < -0.3 is 15.3 Å². The number of nitrogens with one attached hydrogen (secondary N) is 2. The van der Waals surface area contributed by atoms with E-state index in [4.69, 9.17) is 4.52 Å². The molecule has 2 N–H and O–H groups in total. The van der Waals surface area contributed by atoms with Gasteiger partial charge in [-0.2, -0.15) is 13.2 Å². The molecule has 10 nitrogen and oxygen atoms in total. The molecule has 41 heavy (non-hydrogen) atoms. The Kier molecular flexibility index (Phi) is 8.94. The minimum absolute atomic E-state index is 0.0145. The van der Waals surface area contributed by atoms with Gasteiger partial charge in [-0.25, -0.2) is 4.79 Å². The largest absolute Gasteiger partial charge is 0.861 e. The maximum atomic E-state index is 13.6. The second kappa shape index (κ2) is 12.4. The number of rotatable bonds is 7. The van der Waals surface area contributed by atoms with Crippen molar-refractivity contribution in [1.82, 2.24) is 10.2 Å². The van der Waals surface area contributed by atoms with Crippen LogP contribution in [0, 0.1) is 12.8 Å². The van der Waals surface area contributed by atoms with Gasteiger partial charge in [-0.15, -0.1) is 0 Å². The van der Waals surface area contributed by atoms with E-state index in [9.17, 15) is 27.9 Å². The van der Waals surface area contributed by atoms with Crippen molar-refractivity contribution in [2.45, 2.75) is 51.2 Å². The first kappa shape index (κ1) is 29.6. The molecule has 3 aromatic rings. The highest BCUT2D eigenvalue weighted by atomic mass is 19.4. The fourth-order valence-electron chi connectivity index (χ4n) is 4.78. The van der Waals surface area contributed by atoms with E-state index < -0.39 is 23.7 Å². The number of aliphatic imine (C=N–C) groups is 1. The predicted molar refractivity (Wildman–Crippen MR) is 142 cm³/mol. The number of aromatic nitrogens is 2. The molecule has 0 aliphatic heterocycles. The van der Waals surface area contributed by atoms with Crippen molar-refractivity contribution in [3.8, 4) is 0 Å². The van der Waals surface area contributed by atoms with Crippen LogP contribution in [0.15, 0.2) is 58.2 Å². The van der Waals surface area contributed by atoms with E-state index in [0.717, 1.165) is 17.7 Å². The molecule has 1 aliphatic rings. The van der Waals surface area contributed by atoms with E-state index in [2.05, 4.69) is 20.9 Å². The van der Waals surface area contributed by atoms with Gasteiger partial charge in [-0.05, 0) is 59.7 Å². The highest BCUT2D eigenvalue weighted by Crippen LogP contribution is 2.34. The minimum Gasteiger partial charge on any atom is -0.861 e. The number of aryl methyl sites for hydroxylation is 1. The third-order valence-electron chi connectivity index (χ3n) is 6.94. The lowest BCUT2D eigenvalue weighted by atomic mass is 9.85. The van der Waals surface area contributed by atoms with E-state index in [-0.39, 0.29) is 41.5 Å². The van der Waals surface area contributed by atoms with Crippen LogP contribution in [0.2, 0.25) is 0 Å². The molecule has 0 spiro atoms. The standard InChI is InChI=1S/C28H31F3N6O4/c1-17-6-4-5-7-19(17)12-24(38)32-21-13-20(28(29,30)31)14-22(15-21)33-27(40)34-25-16-37(35-41-25)23-10-8-18(9-11-23)26(39)36(2)3/h4-7,13-16,18,23H,8-12H2,1-3H3,(H2-,32,33,34,35,38,40). The van der Waals surface area contributed by atoms with Crippen LogP contribution in [0.25, 0.3) is 0 Å². The van der Waals surface area contributed by atoms with Crippen molar-refractivity contribution in [3.63, 3.8) is 0 Å². The molecular formula is C28H31F3N6O4. The normalized spacial score (nSPS) is 17.7. The average molecular weight is 573 g/mol. The van der Waals surface area contributed by atoms with Gasteiger partial charge >= 0.3 is 18.1 Å². The van der Waals surface area contributed by atoms with Gasteiger partial charge in [0.2, 0.25) is 11.2 Å². The molecule has 0 atom stereocenters. The monoisotopic (exact) mass is 572 g/mol. The summed E-state index contributed by atoms with van der Waals surface area (Å²) in [7, 11) is 3.45. The number of nitrogens with zero attached hydrogens (tertiary/aromatic N) is 4. The second-order valence-corrected chi connectivity index (χ2v) is 10.2. The summed E-state index contributed by atoms with van der Waals surface area (Å²) < 4.78 is 47.4. The van der Waals surface area contributed by atoms with Crippen LogP contribution in [0.3, 0.4) is 0 Å². The Morgan fingerprint density at radius 2 is 1.83 bits per heavy atom. The Labute approximate surface area is 234 Å². The van der Waals surface area contributed by atoms with Gasteiger partial charge in [-0.1, -0.05) is 24.3 Å². The first-order chi connectivity index (χ1) is 19.4. The number of alkyl halides is 3. The molecular weight excluding hydrogens is 541 g/mol. The van der Waals surface area contributed by atoms with Crippen molar-refractivity contribution in [1.29, 1.82) is 0 Å². The maximum Gasteiger partial charge on any atom is 0.416 e. The zero-order chi connectivity index (χ0) is 29.7. The van der Waals surface area contributed by atoms with Gasteiger partial charge in [0.25, 0.3) is 6.20 Å². The van der Waals surface area contributed by atoms with E-state index in [1.165, 1.54) is 12.3 Å². The summed E-state index contributed by atoms with van der Waals surface area (Å²) >= 11 is 0. The lowest BCUT2D eigenvalue weighted by Gasteiger charge is -2.25. The van der Waals surface area contributed by atoms with E-state index >= 15 is 0 Å². The van der Waals surface area contributed by atoms with E-state index in [1.807, 2.05) is 19.1 Å². The molecule has 1 saturated carbocycles. The molecule has 218 valence electrons. The Balaban J connectivity index is 1.42. The summed E-state index contributed by atoms with van der Waals surface area (Å²) in [4.78, 5) is 30.2. The molecule has 0 radical (unpaired) electrons.